The lowest BCUT2D eigenvalue weighted by molar-refractivity contribution is -0.306. The molecule has 144 valence electrons. The largest absolute Gasteiger partial charge is 0.550 e. The number of carboxylic acids is 1. The van der Waals surface area contributed by atoms with Crippen LogP contribution in [-0.4, -0.2) is 18.5 Å². The third-order valence-corrected chi connectivity index (χ3v) is 4.34. The number of benzene rings is 2. The molecule has 0 aromatic heterocycles. The molecule has 0 aliphatic rings. The number of rotatable bonds is 7. The van der Waals surface area contributed by atoms with E-state index in [1.165, 1.54) is 0 Å². The fourth-order valence-corrected chi connectivity index (χ4v) is 2.73. The fraction of sp³-hybridized carbons (Fsp3) is 0.364. The Balaban J connectivity index is 2.06. The van der Waals surface area contributed by atoms with Crippen molar-refractivity contribution in [2.24, 2.45) is 0 Å². The number of nitrogens with one attached hydrogen (secondary N) is 1. The Kier molecular flexibility index (Phi) is 6.61. The van der Waals surface area contributed by atoms with Crippen LogP contribution < -0.4 is 15.2 Å². The number of carbonyl (C=O) groups is 2. The van der Waals surface area contributed by atoms with E-state index in [1.807, 2.05) is 49.4 Å². The second kappa shape index (κ2) is 8.71. The van der Waals surface area contributed by atoms with E-state index in [0.717, 1.165) is 16.7 Å². The molecule has 2 aromatic carbocycles. The van der Waals surface area contributed by atoms with E-state index in [2.05, 4.69) is 26.1 Å². The number of carbonyl (C=O) groups excluding carboxylic acids is 2. The number of hydrogen-bond donors (Lipinski definition) is 1. The molecule has 0 spiro atoms. The molecule has 0 heterocycles. The van der Waals surface area contributed by atoms with Gasteiger partial charge in [0.2, 0.25) is 0 Å². The van der Waals surface area contributed by atoms with Crippen molar-refractivity contribution in [3.63, 3.8) is 0 Å². The maximum Gasteiger partial charge on any atom is 0.258 e. The van der Waals surface area contributed by atoms with Crippen molar-refractivity contribution in [1.82, 2.24) is 5.32 Å². The van der Waals surface area contributed by atoms with Crippen molar-refractivity contribution in [1.29, 1.82) is 0 Å². The van der Waals surface area contributed by atoms with Crippen molar-refractivity contribution >= 4 is 11.9 Å². The second-order valence-electron chi connectivity index (χ2n) is 7.62. The second-order valence-corrected chi connectivity index (χ2v) is 7.62. The zero-order valence-electron chi connectivity index (χ0n) is 16.2. The summed E-state index contributed by atoms with van der Waals surface area (Å²) in [6.45, 7) is 8.01. The minimum atomic E-state index is -1.22. The molecule has 5 heteroatoms. The van der Waals surface area contributed by atoms with Gasteiger partial charge in [-0.3, -0.25) is 4.79 Å². The van der Waals surface area contributed by atoms with Crippen molar-refractivity contribution in [2.75, 3.05) is 6.61 Å². The van der Waals surface area contributed by atoms with E-state index in [1.54, 1.807) is 6.07 Å². The molecule has 1 atom stereocenters. The Hall–Kier alpha value is -2.82. The van der Waals surface area contributed by atoms with Crippen molar-refractivity contribution in [3.8, 4) is 5.75 Å². The molecule has 0 bridgehead atoms. The Morgan fingerprint density at radius 2 is 1.70 bits per heavy atom. The summed E-state index contributed by atoms with van der Waals surface area (Å²) in [6, 6.07) is 14.3. The Bertz CT molecular complexity index is 791. The van der Waals surface area contributed by atoms with Gasteiger partial charge in [0, 0.05) is 12.4 Å². The summed E-state index contributed by atoms with van der Waals surface area (Å²) in [5, 5.41) is 13.8. The Morgan fingerprint density at radius 1 is 1.07 bits per heavy atom. The van der Waals surface area contributed by atoms with Crippen LogP contribution in [0, 0.1) is 6.92 Å². The smallest absolute Gasteiger partial charge is 0.258 e. The van der Waals surface area contributed by atoms with Crippen LogP contribution in [0.15, 0.2) is 48.5 Å². The van der Waals surface area contributed by atoms with Crippen molar-refractivity contribution < 1.29 is 19.4 Å². The van der Waals surface area contributed by atoms with Crippen LogP contribution in [0.2, 0.25) is 0 Å². The molecule has 1 unspecified atom stereocenters. The highest BCUT2D eigenvalue weighted by Crippen LogP contribution is 2.25. The lowest BCUT2D eigenvalue weighted by atomic mass is 9.86. The quantitative estimate of drug-likeness (QED) is 0.815. The molecule has 1 amide bonds. The van der Waals surface area contributed by atoms with E-state index in [4.69, 9.17) is 4.74 Å². The van der Waals surface area contributed by atoms with E-state index in [-0.39, 0.29) is 24.3 Å². The number of amides is 1. The third kappa shape index (κ3) is 6.13. The minimum Gasteiger partial charge on any atom is -0.550 e. The van der Waals surface area contributed by atoms with E-state index >= 15 is 0 Å². The highest BCUT2D eigenvalue weighted by molar-refractivity contribution is 5.79. The van der Waals surface area contributed by atoms with E-state index in [9.17, 15) is 14.7 Å². The van der Waals surface area contributed by atoms with E-state index < -0.39 is 12.0 Å². The first-order valence-electron chi connectivity index (χ1n) is 8.95. The molecule has 0 saturated carbocycles. The minimum absolute atomic E-state index is 0.00693. The van der Waals surface area contributed by atoms with Gasteiger partial charge >= 0.3 is 0 Å². The summed E-state index contributed by atoms with van der Waals surface area (Å²) in [6.07, 6.45) is -0.301. The zero-order valence-corrected chi connectivity index (χ0v) is 16.2. The SMILES string of the molecule is Cc1ccccc1OCC(=O)NC(CC(=O)[O-])c1ccc(C(C)(C)C)cc1. The summed E-state index contributed by atoms with van der Waals surface area (Å²) < 4.78 is 5.53. The number of hydrogen-bond acceptors (Lipinski definition) is 4. The predicted octanol–water partition coefficient (Wildman–Crippen LogP) is 2.67. The maximum atomic E-state index is 12.3. The molecule has 0 aliphatic heterocycles. The first kappa shape index (κ1) is 20.5. The van der Waals surface area contributed by atoms with Crippen LogP contribution in [0.4, 0.5) is 0 Å². The van der Waals surface area contributed by atoms with Crippen LogP contribution in [0.5, 0.6) is 5.75 Å². The monoisotopic (exact) mass is 368 g/mol. The molecule has 0 aliphatic carbocycles. The lowest BCUT2D eigenvalue weighted by Crippen LogP contribution is -2.36. The Labute approximate surface area is 160 Å². The molecule has 1 N–H and O–H groups in total. The van der Waals surface area contributed by atoms with Crippen molar-refractivity contribution in [2.45, 2.75) is 45.6 Å². The number of aliphatic carboxylic acids is 1. The first-order valence-corrected chi connectivity index (χ1v) is 8.95. The zero-order chi connectivity index (χ0) is 20.0. The van der Waals surface area contributed by atoms with Crippen LogP contribution in [0.3, 0.4) is 0 Å². The number of aryl methyl sites for hydroxylation is 1. The summed E-state index contributed by atoms with van der Waals surface area (Å²) in [5.41, 5.74) is 2.77. The fourth-order valence-electron chi connectivity index (χ4n) is 2.73. The van der Waals surface area contributed by atoms with Crippen LogP contribution in [-0.2, 0) is 15.0 Å². The lowest BCUT2D eigenvalue weighted by Gasteiger charge is -2.23. The molecule has 27 heavy (non-hydrogen) atoms. The molecular weight excluding hydrogens is 342 g/mol. The van der Waals surface area contributed by atoms with Gasteiger partial charge in [-0.05, 0) is 35.1 Å². The van der Waals surface area contributed by atoms with Crippen LogP contribution in [0.1, 0.15) is 49.9 Å². The maximum absolute atomic E-state index is 12.3. The normalized spacial score (nSPS) is 12.3. The van der Waals surface area contributed by atoms with Gasteiger partial charge in [-0.1, -0.05) is 63.2 Å². The number of carboxylic acid groups (broad SMARTS) is 1. The molecule has 0 saturated heterocycles. The van der Waals surface area contributed by atoms with Gasteiger partial charge in [0.25, 0.3) is 5.91 Å². The number of ether oxygens (including phenoxy) is 1. The van der Waals surface area contributed by atoms with Crippen molar-refractivity contribution in [3.05, 3.63) is 65.2 Å². The topological polar surface area (TPSA) is 78.5 Å². The highest BCUT2D eigenvalue weighted by atomic mass is 16.5. The molecular formula is C22H26NO4-. The van der Waals surface area contributed by atoms with Crippen LogP contribution in [0.25, 0.3) is 0 Å². The van der Waals surface area contributed by atoms with E-state index in [0.29, 0.717) is 5.75 Å². The van der Waals surface area contributed by atoms with Gasteiger partial charge in [0.1, 0.15) is 5.75 Å². The van der Waals surface area contributed by atoms with Gasteiger partial charge < -0.3 is 20.0 Å². The standard InChI is InChI=1S/C22H27NO4/c1-15-7-5-6-8-19(15)27-14-20(24)23-18(13-21(25)26)16-9-11-17(12-10-16)22(2,3)4/h5-12,18H,13-14H2,1-4H3,(H,23,24)(H,25,26)/p-1. The van der Waals surface area contributed by atoms with Gasteiger partial charge in [0.15, 0.2) is 6.61 Å². The third-order valence-electron chi connectivity index (χ3n) is 4.34. The van der Waals surface area contributed by atoms with Gasteiger partial charge in [-0.25, -0.2) is 0 Å². The van der Waals surface area contributed by atoms with Gasteiger partial charge in [-0.2, -0.15) is 0 Å². The Morgan fingerprint density at radius 3 is 2.26 bits per heavy atom. The summed E-state index contributed by atoms with van der Waals surface area (Å²) >= 11 is 0. The van der Waals surface area contributed by atoms with Crippen LogP contribution >= 0.6 is 0 Å². The van der Waals surface area contributed by atoms with Gasteiger partial charge in [0.05, 0.1) is 6.04 Å². The number of para-hydroxylation sites is 1. The average Bonchev–Trinajstić information content (AvgIpc) is 2.59. The average molecular weight is 368 g/mol. The predicted molar refractivity (Wildman–Crippen MR) is 102 cm³/mol. The molecule has 0 fully saturated rings. The molecule has 5 nitrogen and oxygen atoms in total. The molecule has 2 rings (SSSR count). The molecule has 0 radical (unpaired) electrons. The first-order chi connectivity index (χ1) is 12.7. The highest BCUT2D eigenvalue weighted by Gasteiger charge is 2.18. The summed E-state index contributed by atoms with van der Waals surface area (Å²) in [4.78, 5) is 23.4. The summed E-state index contributed by atoms with van der Waals surface area (Å²) in [7, 11) is 0. The van der Waals surface area contributed by atoms with Gasteiger partial charge in [-0.15, -0.1) is 0 Å². The summed E-state index contributed by atoms with van der Waals surface area (Å²) in [5.74, 6) is -0.983. The molecule has 2 aromatic rings.